The summed E-state index contributed by atoms with van der Waals surface area (Å²) in [6.45, 7) is 2.67. The molecule has 0 aliphatic rings. The van der Waals surface area contributed by atoms with Crippen LogP contribution in [0.5, 0.6) is 5.75 Å². The van der Waals surface area contributed by atoms with Crippen molar-refractivity contribution in [1.29, 1.82) is 0 Å². The lowest BCUT2D eigenvalue weighted by molar-refractivity contribution is 0.101. The number of rotatable bonds is 9. The number of aromatic nitrogens is 4. The number of nitrogens with zero attached hydrogens (tertiary/aromatic N) is 4. The van der Waals surface area contributed by atoms with Crippen LogP contribution in [0.2, 0.25) is 0 Å². The van der Waals surface area contributed by atoms with E-state index < -0.39 is 0 Å². The summed E-state index contributed by atoms with van der Waals surface area (Å²) in [4.78, 5) is 15.9. The van der Waals surface area contributed by atoms with Crippen LogP contribution in [0, 0.1) is 0 Å². The summed E-state index contributed by atoms with van der Waals surface area (Å²) in [5.41, 5.74) is 2.74. The van der Waals surface area contributed by atoms with Gasteiger partial charge in [0.25, 0.3) is 0 Å². The van der Waals surface area contributed by atoms with Crippen LogP contribution in [-0.4, -0.2) is 37.9 Å². The Morgan fingerprint density at radius 1 is 0.968 bits per heavy atom. The molecule has 0 radical (unpaired) electrons. The molecule has 0 fully saturated rings. The summed E-state index contributed by atoms with van der Waals surface area (Å²) in [6, 6.07) is 21.4. The summed E-state index contributed by atoms with van der Waals surface area (Å²) in [5.74, 6) is 2.08. The van der Waals surface area contributed by atoms with E-state index in [0.717, 1.165) is 16.5 Å². The Hall–Kier alpha value is -3.45. The highest BCUT2D eigenvalue weighted by molar-refractivity contribution is 7.99. The Kier molecular flexibility index (Phi) is 6.74. The van der Waals surface area contributed by atoms with Crippen molar-refractivity contribution in [3.63, 3.8) is 0 Å². The maximum atomic E-state index is 11.8. The maximum absolute atomic E-state index is 11.8. The van der Waals surface area contributed by atoms with E-state index in [4.69, 9.17) is 4.74 Å². The van der Waals surface area contributed by atoms with Crippen LogP contribution in [-0.2, 0) is 6.54 Å². The van der Waals surface area contributed by atoms with E-state index >= 15 is 0 Å². The molecule has 0 unspecified atom stereocenters. The highest BCUT2D eigenvalue weighted by atomic mass is 32.2. The zero-order valence-electron chi connectivity index (χ0n) is 17.1. The van der Waals surface area contributed by atoms with E-state index in [9.17, 15) is 4.79 Å². The molecule has 0 aliphatic carbocycles. The molecule has 0 atom stereocenters. The predicted molar refractivity (Wildman–Crippen MR) is 121 cm³/mol. The summed E-state index contributed by atoms with van der Waals surface area (Å²) < 4.78 is 7.97. The van der Waals surface area contributed by atoms with E-state index in [0.29, 0.717) is 30.2 Å². The molecule has 0 N–H and O–H groups in total. The molecule has 0 bridgehead atoms. The highest BCUT2D eigenvalue weighted by Gasteiger charge is 2.15. The molecule has 0 spiro atoms. The fourth-order valence-corrected chi connectivity index (χ4v) is 3.94. The van der Waals surface area contributed by atoms with Crippen molar-refractivity contribution >= 4 is 17.5 Å². The number of hydrogen-bond acceptors (Lipinski definition) is 6. The van der Waals surface area contributed by atoms with Gasteiger partial charge in [0, 0.05) is 23.7 Å². The van der Waals surface area contributed by atoms with Crippen LogP contribution in [0.4, 0.5) is 0 Å². The van der Waals surface area contributed by atoms with Crippen LogP contribution in [0.15, 0.2) is 84.3 Å². The summed E-state index contributed by atoms with van der Waals surface area (Å²) in [7, 11) is 0. The number of carbonyl (C=O) groups is 1. The van der Waals surface area contributed by atoms with Crippen molar-refractivity contribution in [2.24, 2.45) is 0 Å². The number of ether oxygens (including phenoxy) is 1. The number of benzene rings is 2. The molecule has 2 aromatic carbocycles. The summed E-state index contributed by atoms with van der Waals surface area (Å²) in [5, 5.41) is 9.68. The van der Waals surface area contributed by atoms with Gasteiger partial charge < -0.3 is 4.74 Å². The second kappa shape index (κ2) is 10.0. The minimum atomic E-state index is -0.00662. The van der Waals surface area contributed by atoms with Gasteiger partial charge in [-0.2, -0.15) is 0 Å². The van der Waals surface area contributed by atoms with Gasteiger partial charge in [0.1, 0.15) is 5.75 Å². The third-order valence-corrected chi connectivity index (χ3v) is 5.61. The first kappa shape index (κ1) is 20.8. The zero-order valence-corrected chi connectivity index (χ0v) is 18.0. The molecular formula is C24H22N4O2S. The molecule has 31 heavy (non-hydrogen) atoms. The molecule has 6 nitrogen and oxygen atoms in total. The van der Waals surface area contributed by atoms with E-state index in [-0.39, 0.29) is 5.78 Å². The molecule has 7 heteroatoms. The number of ketones is 1. The number of pyridine rings is 1. The minimum Gasteiger partial charge on any atom is -0.492 e. The highest BCUT2D eigenvalue weighted by Crippen LogP contribution is 2.25. The van der Waals surface area contributed by atoms with Crippen LogP contribution in [0.1, 0.15) is 22.8 Å². The fraction of sp³-hybridized carbons (Fsp3) is 0.167. The Bertz CT molecular complexity index is 1150. The van der Waals surface area contributed by atoms with Gasteiger partial charge in [0.2, 0.25) is 0 Å². The van der Waals surface area contributed by atoms with Crippen molar-refractivity contribution in [1.82, 2.24) is 19.7 Å². The Labute approximate surface area is 185 Å². The molecule has 2 aromatic heterocycles. The van der Waals surface area contributed by atoms with Crippen LogP contribution < -0.4 is 4.74 Å². The van der Waals surface area contributed by atoms with Crippen LogP contribution in [0.3, 0.4) is 0 Å². The predicted octanol–water partition coefficient (Wildman–Crippen LogP) is 4.76. The first-order valence-corrected chi connectivity index (χ1v) is 10.9. The molecule has 2 heterocycles. The van der Waals surface area contributed by atoms with E-state index in [1.54, 1.807) is 37.1 Å². The number of Topliss-reactive ketones (excluding diaryl/α,β-unsaturated/α-hetero) is 1. The van der Waals surface area contributed by atoms with Crippen molar-refractivity contribution in [2.45, 2.75) is 18.6 Å². The van der Waals surface area contributed by atoms with Gasteiger partial charge in [-0.25, -0.2) is 0 Å². The molecule has 4 aromatic rings. The largest absolute Gasteiger partial charge is 0.492 e. The van der Waals surface area contributed by atoms with E-state index in [1.807, 2.05) is 48.5 Å². The lowest BCUT2D eigenvalue weighted by Gasteiger charge is -2.11. The number of para-hydroxylation sites is 1. The van der Waals surface area contributed by atoms with Gasteiger partial charge in [-0.15, -0.1) is 10.2 Å². The number of thioether (sulfide) groups is 1. The van der Waals surface area contributed by atoms with Crippen LogP contribution in [0.25, 0.3) is 11.4 Å². The average Bonchev–Trinajstić information content (AvgIpc) is 3.20. The molecular weight excluding hydrogens is 408 g/mol. The normalized spacial score (nSPS) is 10.7. The van der Waals surface area contributed by atoms with Gasteiger partial charge in [-0.3, -0.25) is 14.3 Å². The lowest BCUT2D eigenvalue weighted by atomic mass is 10.1. The second-order valence-electron chi connectivity index (χ2n) is 6.86. The fourth-order valence-electron chi connectivity index (χ4n) is 3.19. The summed E-state index contributed by atoms with van der Waals surface area (Å²) in [6.07, 6.45) is 3.51. The summed E-state index contributed by atoms with van der Waals surface area (Å²) >= 11 is 1.58. The molecule has 0 aliphatic heterocycles. The van der Waals surface area contributed by atoms with Crippen molar-refractivity contribution < 1.29 is 9.53 Å². The molecule has 0 saturated carbocycles. The van der Waals surface area contributed by atoms with Gasteiger partial charge in [0.05, 0.1) is 18.7 Å². The molecule has 0 amide bonds. The smallest absolute Gasteiger partial charge is 0.191 e. The van der Waals surface area contributed by atoms with Crippen molar-refractivity contribution in [3.05, 3.63) is 90.3 Å². The van der Waals surface area contributed by atoms with Gasteiger partial charge in [-0.1, -0.05) is 54.2 Å². The molecule has 0 saturated heterocycles. The van der Waals surface area contributed by atoms with E-state index in [1.165, 1.54) is 5.56 Å². The van der Waals surface area contributed by atoms with Crippen molar-refractivity contribution in [3.8, 4) is 17.1 Å². The Morgan fingerprint density at radius 2 is 1.71 bits per heavy atom. The Morgan fingerprint density at radius 3 is 2.48 bits per heavy atom. The van der Waals surface area contributed by atoms with Gasteiger partial charge in [-0.05, 0) is 36.8 Å². The lowest BCUT2D eigenvalue weighted by Crippen LogP contribution is -2.07. The topological polar surface area (TPSA) is 69.9 Å². The standard InChI is InChI=1S/C24H22N4O2S/c1-18(29)21-9-5-6-10-22(21)30-15-16-31-24-27-26-23(20-11-13-25-14-12-20)28(24)17-19-7-3-2-4-8-19/h2-14H,15-17H2,1H3. The quantitative estimate of drug-likeness (QED) is 0.217. The SMILES string of the molecule is CC(=O)c1ccccc1OCCSc1nnc(-c2ccncc2)n1Cc1ccccc1. The number of hydrogen-bond donors (Lipinski definition) is 0. The monoisotopic (exact) mass is 430 g/mol. The number of carbonyl (C=O) groups excluding carboxylic acids is 1. The van der Waals surface area contributed by atoms with Gasteiger partial charge in [0.15, 0.2) is 16.8 Å². The first-order valence-electron chi connectivity index (χ1n) is 9.95. The average molecular weight is 431 g/mol. The van der Waals surface area contributed by atoms with E-state index in [2.05, 4.69) is 31.9 Å². The maximum Gasteiger partial charge on any atom is 0.191 e. The van der Waals surface area contributed by atoms with Crippen molar-refractivity contribution in [2.75, 3.05) is 12.4 Å². The Balaban J connectivity index is 1.49. The minimum absolute atomic E-state index is 0.00662. The third kappa shape index (κ3) is 5.19. The molecule has 156 valence electrons. The molecule has 4 rings (SSSR count). The third-order valence-electron chi connectivity index (χ3n) is 4.68. The first-order chi connectivity index (χ1) is 15.2. The second-order valence-corrected chi connectivity index (χ2v) is 7.93. The van der Waals surface area contributed by atoms with Gasteiger partial charge >= 0.3 is 0 Å². The van der Waals surface area contributed by atoms with Crippen LogP contribution >= 0.6 is 11.8 Å². The zero-order chi connectivity index (χ0) is 21.5.